The lowest BCUT2D eigenvalue weighted by Gasteiger charge is -2.16. The molecule has 0 aliphatic rings. The van der Waals surface area contributed by atoms with Crippen molar-refractivity contribution in [1.82, 2.24) is 5.32 Å². The number of ether oxygens (including phenoxy) is 1. The fourth-order valence-electron chi connectivity index (χ4n) is 1.69. The number of carbonyl (C=O) groups excluding carboxylic acids is 3. The number of rotatable bonds is 8. The Morgan fingerprint density at radius 1 is 1.17 bits per heavy atom. The average Bonchev–Trinajstić information content (AvgIpc) is 2.50. The molecule has 24 heavy (non-hydrogen) atoms. The third kappa shape index (κ3) is 6.37. The molecule has 0 aromatic heterocycles. The second-order valence-corrected chi connectivity index (χ2v) is 7.11. The van der Waals surface area contributed by atoms with Gasteiger partial charge in [-0.1, -0.05) is 0 Å². The van der Waals surface area contributed by atoms with E-state index in [9.17, 15) is 22.8 Å². The fourth-order valence-corrected chi connectivity index (χ4v) is 2.20. The SMILES string of the molecule is CC(=O)NCCC(=O)OCC(=O)c1ccc(N(C)S(C)(=O)=O)cc1. The molecule has 1 amide bonds. The van der Waals surface area contributed by atoms with Crippen LogP contribution in [0.1, 0.15) is 23.7 Å². The van der Waals surface area contributed by atoms with Crippen LogP contribution in [0.4, 0.5) is 5.69 Å². The van der Waals surface area contributed by atoms with Crippen molar-refractivity contribution in [3.05, 3.63) is 29.8 Å². The summed E-state index contributed by atoms with van der Waals surface area (Å²) in [5.41, 5.74) is 0.719. The summed E-state index contributed by atoms with van der Waals surface area (Å²) in [5.74, 6) is -1.25. The second kappa shape index (κ2) is 8.44. The molecule has 0 saturated carbocycles. The molecule has 1 rings (SSSR count). The molecule has 0 atom stereocenters. The minimum atomic E-state index is -3.38. The van der Waals surface area contributed by atoms with Gasteiger partial charge in [-0.2, -0.15) is 0 Å². The highest BCUT2D eigenvalue weighted by Gasteiger charge is 2.14. The number of ketones is 1. The van der Waals surface area contributed by atoms with Gasteiger partial charge in [-0.05, 0) is 24.3 Å². The summed E-state index contributed by atoms with van der Waals surface area (Å²) >= 11 is 0. The first kappa shape index (κ1) is 19.6. The molecule has 0 aliphatic carbocycles. The molecule has 0 radical (unpaired) electrons. The van der Waals surface area contributed by atoms with Crippen LogP contribution in [0.2, 0.25) is 0 Å². The zero-order chi connectivity index (χ0) is 18.3. The maximum atomic E-state index is 11.9. The van der Waals surface area contributed by atoms with Gasteiger partial charge in [-0.3, -0.25) is 18.7 Å². The molecule has 0 heterocycles. The Balaban J connectivity index is 2.54. The summed E-state index contributed by atoms with van der Waals surface area (Å²) in [5, 5.41) is 2.45. The van der Waals surface area contributed by atoms with Crippen molar-refractivity contribution in [3.63, 3.8) is 0 Å². The Bertz CT molecular complexity index is 712. The van der Waals surface area contributed by atoms with Crippen molar-refractivity contribution in [2.24, 2.45) is 0 Å². The van der Waals surface area contributed by atoms with Crippen molar-refractivity contribution in [2.75, 3.05) is 30.8 Å². The summed E-state index contributed by atoms with van der Waals surface area (Å²) in [6.45, 7) is 1.06. The number of hydrogen-bond acceptors (Lipinski definition) is 6. The number of nitrogens with one attached hydrogen (secondary N) is 1. The second-order valence-electron chi connectivity index (χ2n) is 5.09. The number of amides is 1. The fraction of sp³-hybridized carbons (Fsp3) is 0.400. The third-order valence-corrected chi connectivity index (χ3v) is 4.32. The molecule has 1 N–H and O–H groups in total. The van der Waals surface area contributed by atoms with E-state index in [-0.39, 0.29) is 18.9 Å². The minimum Gasteiger partial charge on any atom is -0.457 e. The minimum absolute atomic E-state index is 0.0229. The van der Waals surface area contributed by atoms with Crippen LogP contribution in [0, 0.1) is 0 Å². The van der Waals surface area contributed by atoms with Crippen LogP contribution in [0.3, 0.4) is 0 Å². The van der Waals surface area contributed by atoms with Crippen LogP contribution >= 0.6 is 0 Å². The molecule has 0 saturated heterocycles. The number of esters is 1. The van der Waals surface area contributed by atoms with Gasteiger partial charge in [0.1, 0.15) is 0 Å². The number of anilines is 1. The van der Waals surface area contributed by atoms with Gasteiger partial charge in [0, 0.05) is 26.1 Å². The summed E-state index contributed by atoms with van der Waals surface area (Å²) in [6, 6.07) is 5.91. The van der Waals surface area contributed by atoms with E-state index in [0.717, 1.165) is 10.6 Å². The summed E-state index contributed by atoms with van der Waals surface area (Å²) < 4.78 is 28.8. The topological polar surface area (TPSA) is 110 Å². The number of sulfonamides is 1. The van der Waals surface area contributed by atoms with Gasteiger partial charge in [0.05, 0.1) is 18.4 Å². The Kier molecular flexibility index (Phi) is 6.90. The van der Waals surface area contributed by atoms with Crippen molar-refractivity contribution in [3.8, 4) is 0 Å². The van der Waals surface area contributed by atoms with Crippen molar-refractivity contribution in [1.29, 1.82) is 0 Å². The van der Waals surface area contributed by atoms with E-state index < -0.39 is 28.4 Å². The van der Waals surface area contributed by atoms with Crippen LogP contribution in [0.15, 0.2) is 24.3 Å². The molecule has 132 valence electrons. The van der Waals surface area contributed by atoms with Gasteiger partial charge in [0.15, 0.2) is 12.4 Å². The Morgan fingerprint density at radius 3 is 2.25 bits per heavy atom. The number of benzene rings is 1. The van der Waals surface area contributed by atoms with E-state index >= 15 is 0 Å². The smallest absolute Gasteiger partial charge is 0.308 e. The van der Waals surface area contributed by atoms with Crippen LogP contribution in [0.5, 0.6) is 0 Å². The van der Waals surface area contributed by atoms with Crippen molar-refractivity contribution >= 4 is 33.4 Å². The maximum Gasteiger partial charge on any atom is 0.308 e. The third-order valence-electron chi connectivity index (χ3n) is 3.12. The predicted octanol–water partition coefficient (Wildman–Crippen LogP) is 0.334. The molecule has 8 nitrogen and oxygen atoms in total. The first-order valence-corrected chi connectivity index (χ1v) is 8.93. The highest BCUT2D eigenvalue weighted by Crippen LogP contribution is 2.16. The maximum absolute atomic E-state index is 11.9. The Labute approximate surface area is 140 Å². The van der Waals surface area contributed by atoms with Gasteiger partial charge in [0.25, 0.3) is 0 Å². The van der Waals surface area contributed by atoms with E-state index in [1.165, 1.54) is 38.2 Å². The normalized spacial score (nSPS) is 10.8. The predicted molar refractivity (Wildman–Crippen MR) is 88.3 cm³/mol. The number of nitrogens with zero attached hydrogens (tertiary/aromatic N) is 1. The molecular formula is C15H20N2O6S. The van der Waals surface area contributed by atoms with Crippen LogP contribution in [-0.4, -0.2) is 52.5 Å². The average molecular weight is 356 g/mol. The summed E-state index contributed by atoms with van der Waals surface area (Å²) in [7, 11) is -1.97. The van der Waals surface area contributed by atoms with Crippen LogP contribution in [-0.2, 0) is 24.3 Å². The summed E-state index contributed by atoms with van der Waals surface area (Å²) in [4.78, 5) is 34.0. The molecule has 1 aromatic carbocycles. The molecule has 0 fully saturated rings. The largest absolute Gasteiger partial charge is 0.457 e. The molecule has 0 aliphatic heterocycles. The summed E-state index contributed by atoms with van der Waals surface area (Å²) in [6.07, 6.45) is 1.05. The number of hydrogen-bond donors (Lipinski definition) is 1. The molecule has 0 unspecified atom stereocenters. The number of carbonyl (C=O) groups is 3. The van der Waals surface area contributed by atoms with Gasteiger partial charge < -0.3 is 10.1 Å². The lowest BCUT2D eigenvalue weighted by Crippen LogP contribution is -2.25. The van der Waals surface area contributed by atoms with Crippen molar-refractivity contribution in [2.45, 2.75) is 13.3 Å². The van der Waals surface area contributed by atoms with Gasteiger partial charge in [-0.15, -0.1) is 0 Å². The van der Waals surface area contributed by atoms with Crippen molar-refractivity contribution < 1.29 is 27.5 Å². The van der Waals surface area contributed by atoms with Gasteiger partial charge in [0.2, 0.25) is 15.9 Å². The van der Waals surface area contributed by atoms with Crippen LogP contribution in [0.25, 0.3) is 0 Å². The highest BCUT2D eigenvalue weighted by atomic mass is 32.2. The molecule has 9 heteroatoms. The zero-order valence-corrected chi connectivity index (χ0v) is 14.6. The lowest BCUT2D eigenvalue weighted by molar-refractivity contribution is -0.142. The lowest BCUT2D eigenvalue weighted by atomic mass is 10.1. The Morgan fingerprint density at radius 2 is 1.75 bits per heavy atom. The van der Waals surface area contributed by atoms with E-state index in [1.807, 2.05) is 0 Å². The monoisotopic (exact) mass is 356 g/mol. The first-order valence-electron chi connectivity index (χ1n) is 7.08. The van der Waals surface area contributed by atoms with E-state index in [2.05, 4.69) is 5.32 Å². The standard InChI is InChI=1S/C15H20N2O6S/c1-11(18)16-9-8-15(20)23-10-14(19)12-4-6-13(7-5-12)17(2)24(3,21)22/h4-7H,8-10H2,1-3H3,(H,16,18). The molecule has 0 bridgehead atoms. The highest BCUT2D eigenvalue weighted by molar-refractivity contribution is 7.92. The molecular weight excluding hydrogens is 336 g/mol. The molecule has 0 spiro atoms. The van der Waals surface area contributed by atoms with E-state index in [1.54, 1.807) is 0 Å². The first-order chi connectivity index (χ1) is 11.1. The van der Waals surface area contributed by atoms with Gasteiger partial charge >= 0.3 is 5.97 Å². The zero-order valence-electron chi connectivity index (χ0n) is 13.7. The molecule has 1 aromatic rings. The van der Waals surface area contributed by atoms with E-state index in [0.29, 0.717) is 11.3 Å². The van der Waals surface area contributed by atoms with E-state index in [4.69, 9.17) is 4.74 Å². The van der Waals surface area contributed by atoms with Crippen LogP contribution < -0.4 is 9.62 Å². The quantitative estimate of drug-likeness (QED) is 0.531. The number of Topliss-reactive ketones (excluding diaryl/α,β-unsaturated/α-hetero) is 1. The van der Waals surface area contributed by atoms with Gasteiger partial charge in [-0.25, -0.2) is 8.42 Å². The Hall–Kier alpha value is -2.42.